The van der Waals surface area contributed by atoms with E-state index in [2.05, 4.69) is 23.1 Å². The van der Waals surface area contributed by atoms with Crippen LogP contribution in [-0.2, 0) is 15.0 Å². The highest BCUT2D eigenvalue weighted by molar-refractivity contribution is 8.05. The van der Waals surface area contributed by atoms with Gasteiger partial charge in [-0.25, -0.2) is 9.97 Å². The molecule has 0 aliphatic rings. The average molecular weight is 480 g/mol. The van der Waals surface area contributed by atoms with Crippen LogP contribution in [0.4, 0.5) is 5.82 Å². The molecule has 0 aliphatic carbocycles. The fourth-order valence-electron chi connectivity index (χ4n) is 3.78. The molecule has 0 radical (unpaired) electrons. The highest BCUT2D eigenvalue weighted by Crippen LogP contribution is 2.41. The van der Waals surface area contributed by atoms with Gasteiger partial charge < -0.3 is 15.6 Å². The number of aryl methyl sites for hydroxylation is 2. The van der Waals surface area contributed by atoms with Crippen molar-refractivity contribution in [1.29, 1.82) is 0 Å². The van der Waals surface area contributed by atoms with Crippen LogP contribution >= 0.6 is 11.8 Å². The Kier molecular flexibility index (Phi) is 8.26. The number of rotatable bonds is 10. The number of carboxylic acid groups (broad SMARTS) is 1. The van der Waals surface area contributed by atoms with E-state index in [1.54, 1.807) is 27.7 Å². The highest BCUT2D eigenvalue weighted by atomic mass is 32.2. The standard InChI is InChI=1S/C27H33N3O3S/c1-16(13-26(6,7)25(32)33)14-34-20(5)27(8,15-31)22-19(4)29-24(30-23(22)28)18(3)21-12-10-9-11-17(21)2/h9-12,14-15H,3,5,13H2,1-2,4,6-8H3,(H,32,33)(H2,28,29,30)/b16-14+/t27-/m0/s1. The Hall–Kier alpha value is -3.19. The topological polar surface area (TPSA) is 106 Å². The number of nitrogens with two attached hydrogens (primary N) is 1. The summed E-state index contributed by atoms with van der Waals surface area (Å²) in [6.07, 6.45) is 1.17. The molecule has 1 aromatic heterocycles. The number of hydrogen-bond donors (Lipinski definition) is 2. The van der Waals surface area contributed by atoms with Crippen molar-refractivity contribution in [3.8, 4) is 0 Å². The number of aliphatic carboxylic acids is 1. The molecule has 34 heavy (non-hydrogen) atoms. The van der Waals surface area contributed by atoms with E-state index in [4.69, 9.17) is 5.73 Å². The average Bonchev–Trinajstić information content (AvgIpc) is 2.76. The molecule has 2 rings (SSSR count). The second-order valence-electron chi connectivity index (χ2n) is 9.38. The lowest BCUT2D eigenvalue weighted by molar-refractivity contribution is -0.146. The van der Waals surface area contributed by atoms with Crippen LogP contribution in [0.5, 0.6) is 0 Å². The predicted octanol–water partition coefficient (Wildman–Crippen LogP) is 5.85. The van der Waals surface area contributed by atoms with Crippen LogP contribution < -0.4 is 5.73 Å². The van der Waals surface area contributed by atoms with E-state index in [0.29, 0.717) is 34.0 Å². The monoisotopic (exact) mass is 479 g/mol. The summed E-state index contributed by atoms with van der Waals surface area (Å²) in [5.74, 6) is -0.262. The summed E-state index contributed by atoms with van der Waals surface area (Å²) in [6.45, 7) is 19.0. The van der Waals surface area contributed by atoms with Crippen molar-refractivity contribution in [1.82, 2.24) is 9.97 Å². The van der Waals surface area contributed by atoms with Crippen LogP contribution in [0.25, 0.3) is 5.57 Å². The van der Waals surface area contributed by atoms with Crippen LogP contribution in [0.2, 0.25) is 0 Å². The van der Waals surface area contributed by atoms with Crippen LogP contribution in [0.1, 0.15) is 62.3 Å². The number of hydrogen-bond acceptors (Lipinski definition) is 6. The van der Waals surface area contributed by atoms with E-state index in [1.165, 1.54) is 11.8 Å². The van der Waals surface area contributed by atoms with E-state index in [0.717, 1.165) is 23.0 Å². The smallest absolute Gasteiger partial charge is 0.309 e. The maximum atomic E-state index is 12.3. The number of thioether (sulfide) groups is 1. The van der Waals surface area contributed by atoms with Crippen molar-refractivity contribution in [3.63, 3.8) is 0 Å². The minimum absolute atomic E-state index is 0.196. The number of aldehydes is 1. The molecular weight excluding hydrogens is 446 g/mol. The zero-order valence-electron chi connectivity index (χ0n) is 20.7. The van der Waals surface area contributed by atoms with E-state index < -0.39 is 16.8 Å². The number of carbonyl (C=O) groups excluding carboxylic acids is 1. The van der Waals surface area contributed by atoms with Gasteiger partial charge in [0.05, 0.1) is 10.8 Å². The number of anilines is 1. The summed E-state index contributed by atoms with van der Waals surface area (Å²) < 4.78 is 0. The number of nitrogen functional groups attached to an aromatic ring is 1. The first-order valence-electron chi connectivity index (χ1n) is 10.9. The zero-order chi connectivity index (χ0) is 25.8. The van der Waals surface area contributed by atoms with Crippen LogP contribution in [0.15, 0.2) is 53.3 Å². The van der Waals surface area contributed by atoms with E-state index in [9.17, 15) is 14.7 Å². The van der Waals surface area contributed by atoms with Gasteiger partial charge in [0.25, 0.3) is 0 Å². The highest BCUT2D eigenvalue weighted by Gasteiger charge is 2.35. The molecule has 2 aromatic rings. The summed E-state index contributed by atoms with van der Waals surface area (Å²) in [5.41, 5.74) is 8.91. The summed E-state index contributed by atoms with van der Waals surface area (Å²) in [4.78, 5) is 33.4. The van der Waals surface area contributed by atoms with Gasteiger partial charge in [0, 0.05) is 16.8 Å². The number of aromatic nitrogens is 2. The fraction of sp³-hybridized carbons (Fsp3) is 0.333. The number of allylic oxidation sites excluding steroid dienone is 2. The number of carbonyl (C=O) groups is 2. The third-order valence-electron chi connectivity index (χ3n) is 5.89. The molecule has 1 aromatic carbocycles. The molecule has 180 valence electrons. The Labute approximate surface area is 206 Å². The Balaban J connectivity index is 2.38. The lowest BCUT2D eigenvalue weighted by Gasteiger charge is -2.28. The summed E-state index contributed by atoms with van der Waals surface area (Å²) in [5, 5.41) is 11.2. The molecular formula is C27H33N3O3S. The lowest BCUT2D eigenvalue weighted by atomic mass is 9.83. The molecule has 6 nitrogen and oxygen atoms in total. The predicted molar refractivity (Wildman–Crippen MR) is 140 cm³/mol. The minimum Gasteiger partial charge on any atom is -0.481 e. The summed E-state index contributed by atoms with van der Waals surface area (Å²) >= 11 is 1.28. The minimum atomic E-state index is -1.14. The molecule has 0 aliphatic heterocycles. The molecule has 1 heterocycles. The van der Waals surface area contributed by atoms with Crippen LogP contribution in [0, 0.1) is 19.3 Å². The number of benzene rings is 1. The first-order chi connectivity index (χ1) is 15.7. The molecule has 1 atom stereocenters. The SMILES string of the molecule is C=C(c1nc(C)c([C@@](C)(C=O)C(=C)S/C=C(\C)CC(C)(C)C(=O)O)c(N)n1)c1ccccc1C. The normalized spacial score (nSPS) is 13.8. The molecule has 0 fully saturated rings. The van der Waals surface area contributed by atoms with Crippen molar-refractivity contribution in [2.24, 2.45) is 5.41 Å². The van der Waals surface area contributed by atoms with Gasteiger partial charge in [0.15, 0.2) is 5.82 Å². The van der Waals surface area contributed by atoms with Gasteiger partial charge in [-0.2, -0.15) is 0 Å². The maximum absolute atomic E-state index is 12.3. The maximum Gasteiger partial charge on any atom is 0.309 e. The van der Waals surface area contributed by atoms with Crippen LogP contribution in [-0.4, -0.2) is 27.3 Å². The quantitative estimate of drug-likeness (QED) is 0.412. The van der Waals surface area contributed by atoms with Gasteiger partial charge in [-0.05, 0) is 69.4 Å². The van der Waals surface area contributed by atoms with Crippen molar-refractivity contribution >= 4 is 35.4 Å². The molecule has 3 N–H and O–H groups in total. The third-order valence-corrected chi connectivity index (χ3v) is 7.12. The van der Waals surface area contributed by atoms with Gasteiger partial charge in [0.2, 0.25) is 0 Å². The Bertz CT molecular complexity index is 1160. The van der Waals surface area contributed by atoms with Gasteiger partial charge in [-0.1, -0.05) is 43.0 Å². The molecule has 0 spiro atoms. The first-order valence-corrected chi connectivity index (χ1v) is 11.7. The van der Waals surface area contributed by atoms with Crippen molar-refractivity contribution < 1.29 is 14.7 Å². The Morgan fingerprint density at radius 3 is 2.32 bits per heavy atom. The molecule has 0 saturated heterocycles. The van der Waals surface area contributed by atoms with Gasteiger partial charge in [-0.3, -0.25) is 4.79 Å². The van der Waals surface area contributed by atoms with Gasteiger partial charge >= 0.3 is 5.97 Å². The van der Waals surface area contributed by atoms with Crippen molar-refractivity contribution in [2.75, 3.05) is 5.73 Å². The molecule has 7 heteroatoms. The number of carboxylic acids is 1. The van der Waals surface area contributed by atoms with E-state index >= 15 is 0 Å². The van der Waals surface area contributed by atoms with E-state index in [1.807, 2.05) is 43.5 Å². The largest absolute Gasteiger partial charge is 0.481 e. The van der Waals surface area contributed by atoms with Gasteiger partial charge in [0.1, 0.15) is 12.1 Å². The summed E-state index contributed by atoms with van der Waals surface area (Å²) in [7, 11) is 0. The number of nitrogens with zero attached hydrogens (tertiary/aromatic N) is 2. The van der Waals surface area contributed by atoms with Crippen molar-refractivity contribution in [2.45, 2.75) is 53.4 Å². The summed E-state index contributed by atoms with van der Waals surface area (Å²) in [6, 6.07) is 7.82. The Morgan fingerprint density at radius 1 is 1.18 bits per heavy atom. The second kappa shape index (κ2) is 10.4. The third kappa shape index (κ3) is 5.65. The van der Waals surface area contributed by atoms with Crippen molar-refractivity contribution in [3.05, 3.63) is 81.5 Å². The Morgan fingerprint density at radius 2 is 1.79 bits per heavy atom. The van der Waals surface area contributed by atoms with Crippen LogP contribution in [0.3, 0.4) is 0 Å². The second-order valence-corrected chi connectivity index (χ2v) is 10.3. The molecule has 0 unspecified atom stereocenters. The first kappa shape index (κ1) is 27.1. The molecule has 0 saturated carbocycles. The molecule has 0 amide bonds. The zero-order valence-corrected chi connectivity index (χ0v) is 21.5. The molecule has 0 bridgehead atoms. The van der Waals surface area contributed by atoms with Gasteiger partial charge in [-0.15, -0.1) is 11.8 Å². The van der Waals surface area contributed by atoms with E-state index in [-0.39, 0.29) is 5.82 Å². The fourth-order valence-corrected chi connectivity index (χ4v) is 4.60. The lowest BCUT2D eigenvalue weighted by Crippen LogP contribution is -2.29.